The van der Waals surface area contributed by atoms with Gasteiger partial charge >= 0.3 is 0 Å². The lowest BCUT2D eigenvalue weighted by molar-refractivity contribution is -0.0439. The molecule has 0 bridgehead atoms. The van der Waals surface area contributed by atoms with E-state index in [0.29, 0.717) is 51.5 Å². The van der Waals surface area contributed by atoms with Gasteiger partial charge in [-0.05, 0) is 107 Å². The molecule has 2 aromatic carbocycles. The minimum absolute atomic E-state index is 0.0609. The first-order valence-corrected chi connectivity index (χ1v) is 18.5. The maximum atomic E-state index is 15.9. The summed E-state index contributed by atoms with van der Waals surface area (Å²) in [5.74, 6) is -1.62. The Hall–Kier alpha value is -4.46. The van der Waals surface area contributed by atoms with Crippen LogP contribution in [0.5, 0.6) is 0 Å². The lowest BCUT2D eigenvalue weighted by Gasteiger charge is -2.51. The highest BCUT2D eigenvalue weighted by atomic mass is 19.2. The molecule has 1 unspecified atom stereocenters. The largest absolute Gasteiger partial charge is 0.355 e. The van der Waals surface area contributed by atoms with E-state index in [0.717, 1.165) is 37.2 Å². The van der Waals surface area contributed by atoms with Crippen LogP contribution in [0.25, 0.3) is 11.3 Å². The second kappa shape index (κ2) is 15.9. The maximum Gasteiger partial charge on any atom is 0.164 e. The first-order chi connectivity index (χ1) is 24.9. The topological polar surface area (TPSA) is 71.3 Å². The zero-order valence-electron chi connectivity index (χ0n) is 32.6. The Morgan fingerprint density at radius 2 is 1.66 bits per heavy atom. The first kappa shape index (κ1) is 39.7. The van der Waals surface area contributed by atoms with Gasteiger partial charge in [0.15, 0.2) is 11.6 Å². The van der Waals surface area contributed by atoms with Gasteiger partial charge in [-0.25, -0.2) is 28.1 Å². The molecule has 2 aliphatic heterocycles. The molecule has 3 aromatic rings. The van der Waals surface area contributed by atoms with Gasteiger partial charge in [0.25, 0.3) is 0 Å². The smallest absolute Gasteiger partial charge is 0.164 e. The number of anilines is 1. The number of nitrogens with zero attached hydrogens (tertiary/aromatic N) is 6. The van der Waals surface area contributed by atoms with Gasteiger partial charge in [0.1, 0.15) is 23.8 Å². The van der Waals surface area contributed by atoms with Crippen molar-refractivity contribution in [3.05, 3.63) is 112 Å². The molecule has 1 fully saturated rings. The van der Waals surface area contributed by atoms with Crippen LogP contribution in [0.3, 0.4) is 0 Å². The molecule has 1 saturated heterocycles. The summed E-state index contributed by atoms with van der Waals surface area (Å²) < 4.78 is 46.7. The molecule has 1 atom stereocenters. The molecular weight excluding hydrogens is 672 g/mol. The Labute approximate surface area is 313 Å². The molecule has 3 heterocycles. The maximum absolute atomic E-state index is 15.9. The highest BCUT2D eigenvalue weighted by Crippen LogP contribution is 2.43. The van der Waals surface area contributed by atoms with Crippen LogP contribution in [0.15, 0.2) is 72.4 Å². The summed E-state index contributed by atoms with van der Waals surface area (Å²) in [6.45, 7) is 25.2. The minimum Gasteiger partial charge on any atom is -0.355 e. The van der Waals surface area contributed by atoms with Gasteiger partial charge < -0.3 is 15.2 Å². The second-order valence-electron chi connectivity index (χ2n) is 16.1. The van der Waals surface area contributed by atoms with E-state index in [9.17, 15) is 5.26 Å². The summed E-state index contributed by atoms with van der Waals surface area (Å²) in [5, 5.41) is 17.1. The van der Waals surface area contributed by atoms with Crippen LogP contribution in [0.2, 0.25) is 0 Å². The summed E-state index contributed by atoms with van der Waals surface area (Å²) in [7, 11) is 1.95. The predicted octanol–water partition coefficient (Wildman–Crippen LogP) is 9.76. The SMILES string of the molecule is C=C(Nc1ccc(C(C)(C)F)cc1-c1ncnc(C#N)c1C)C1=C(C)C(C(C)(C)C)N(C)N(Cc2ccc(CCCN3CCCCC3)c(F)c2F)C1=C. The number of hydrogen-bond donors (Lipinski definition) is 1. The van der Waals surface area contributed by atoms with Crippen molar-refractivity contribution in [1.82, 2.24) is 24.9 Å². The van der Waals surface area contributed by atoms with Crippen molar-refractivity contribution in [2.75, 3.05) is 32.0 Å². The van der Waals surface area contributed by atoms with Crippen molar-refractivity contribution in [2.24, 2.45) is 5.41 Å². The Morgan fingerprint density at radius 3 is 2.30 bits per heavy atom. The van der Waals surface area contributed by atoms with Crippen LogP contribution in [0.1, 0.15) is 95.2 Å². The molecule has 1 N–H and O–H groups in total. The summed E-state index contributed by atoms with van der Waals surface area (Å²) in [6.07, 6.45) is 6.25. The molecule has 1 aromatic heterocycles. The van der Waals surface area contributed by atoms with E-state index in [4.69, 9.17) is 0 Å². The number of nitriles is 1. The van der Waals surface area contributed by atoms with Gasteiger partial charge in [-0.3, -0.25) is 0 Å². The molecule has 0 saturated carbocycles. The molecular formula is C43H54F3N7. The number of halogens is 3. The van der Waals surface area contributed by atoms with Gasteiger partial charge in [-0.15, -0.1) is 0 Å². The van der Waals surface area contributed by atoms with Crippen molar-refractivity contribution < 1.29 is 13.2 Å². The van der Waals surface area contributed by atoms with E-state index in [1.807, 2.05) is 19.0 Å². The van der Waals surface area contributed by atoms with Crippen molar-refractivity contribution in [2.45, 2.75) is 98.8 Å². The number of aromatic nitrogens is 2. The zero-order valence-corrected chi connectivity index (χ0v) is 32.6. The quantitative estimate of drug-likeness (QED) is 0.211. The molecule has 53 heavy (non-hydrogen) atoms. The number of hydrogen-bond acceptors (Lipinski definition) is 7. The van der Waals surface area contributed by atoms with Gasteiger partial charge in [-0.1, -0.05) is 58.5 Å². The molecule has 282 valence electrons. The average Bonchev–Trinajstić information content (AvgIpc) is 3.09. The fourth-order valence-corrected chi connectivity index (χ4v) is 7.99. The highest BCUT2D eigenvalue weighted by molar-refractivity contribution is 5.81. The number of likely N-dealkylation sites (N-methyl/N-ethyl adjacent to an activating group) is 1. The predicted molar refractivity (Wildman–Crippen MR) is 207 cm³/mol. The number of rotatable bonds is 11. The van der Waals surface area contributed by atoms with Crippen molar-refractivity contribution in [3.63, 3.8) is 0 Å². The molecule has 0 spiro atoms. The standard InChI is InChI=1S/C43H54F3N7/c1-27-36(24-47)48-26-49-40(27)34-23-33(43(8,9)46)18-19-35(34)50-29(3)37-28(2)41(42(5,6)7)51(10)53(30(37)4)25-32-17-16-31(38(44)39(32)45)15-14-22-52-20-12-11-13-21-52/h16-19,23,26,41,50H,3-4,11-15,20-22,25H2,1-2,5-10H3. The number of likely N-dealkylation sites (tertiary alicyclic amines) is 1. The van der Waals surface area contributed by atoms with Crippen molar-refractivity contribution in [1.29, 1.82) is 5.26 Å². The number of nitrogens with one attached hydrogen (secondary N) is 1. The molecule has 0 radical (unpaired) electrons. The van der Waals surface area contributed by atoms with Gasteiger partial charge in [-0.2, -0.15) is 5.26 Å². The molecule has 0 aliphatic carbocycles. The normalized spacial score (nSPS) is 17.7. The number of aryl methyl sites for hydroxylation is 1. The second-order valence-corrected chi connectivity index (χ2v) is 16.1. The van der Waals surface area contributed by atoms with Gasteiger partial charge in [0, 0.05) is 40.7 Å². The Morgan fingerprint density at radius 1 is 1.00 bits per heavy atom. The van der Waals surface area contributed by atoms with Crippen LogP contribution in [0.4, 0.5) is 18.9 Å². The van der Waals surface area contributed by atoms with E-state index in [1.165, 1.54) is 39.4 Å². The first-order valence-electron chi connectivity index (χ1n) is 18.5. The van der Waals surface area contributed by atoms with E-state index in [2.05, 4.69) is 65.2 Å². The van der Waals surface area contributed by atoms with Gasteiger partial charge in [0.05, 0.1) is 24.0 Å². The number of piperidine rings is 1. The third-order valence-electron chi connectivity index (χ3n) is 10.6. The highest BCUT2D eigenvalue weighted by Gasteiger charge is 2.40. The summed E-state index contributed by atoms with van der Waals surface area (Å²) in [4.78, 5) is 11.0. The van der Waals surface area contributed by atoms with Gasteiger partial charge in [0.2, 0.25) is 0 Å². The van der Waals surface area contributed by atoms with Crippen LogP contribution in [-0.4, -0.2) is 57.6 Å². The fourth-order valence-electron chi connectivity index (χ4n) is 7.99. The van der Waals surface area contributed by atoms with E-state index in [-0.39, 0.29) is 29.3 Å². The lowest BCUT2D eigenvalue weighted by atomic mass is 9.78. The summed E-state index contributed by atoms with van der Waals surface area (Å²) in [6, 6.07) is 10.6. The van der Waals surface area contributed by atoms with E-state index >= 15 is 13.2 Å². The van der Waals surface area contributed by atoms with Crippen LogP contribution < -0.4 is 5.32 Å². The van der Waals surface area contributed by atoms with E-state index in [1.54, 1.807) is 37.3 Å². The zero-order chi connectivity index (χ0) is 38.8. The van der Waals surface area contributed by atoms with Crippen molar-refractivity contribution >= 4 is 5.69 Å². The van der Waals surface area contributed by atoms with Crippen molar-refractivity contribution in [3.8, 4) is 17.3 Å². The third kappa shape index (κ3) is 8.53. The molecule has 10 heteroatoms. The molecule has 5 rings (SSSR count). The van der Waals surface area contributed by atoms with Crippen LogP contribution in [0, 0.1) is 35.3 Å². The number of benzene rings is 2. The molecule has 0 amide bonds. The Bertz CT molecular complexity index is 1940. The summed E-state index contributed by atoms with van der Waals surface area (Å²) >= 11 is 0. The Kier molecular flexibility index (Phi) is 11.9. The van der Waals surface area contributed by atoms with Crippen LogP contribution in [-0.2, 0) is 18.6 Å². The Balaban J connectivity index is 1.47. The average molecular weight is 726 g/mol. The summed E-state index contributed by atoms with van der Waals surface area (Å²) in [5.41, 5.74) is 4.49. The molecule has 7 nitrogen and oxygen atoms in total. The number of alkyl halides is 1. The fraction of sp³-hybridized carbons (Fsp3) is 0.465. The molecule has 2 aliphatic rings. The van der Waals surface area contributed by atoms with Crippen LogP contribution >= 0.6 is 0 Å². The monoisotopic (exact) mass is 725 g/mol. The lowest BCUT2D eigenvalue weighted by Crippen LogP contribution is -2.54. The minimum atomic E-state index is -1.63. The third-order valence-corrected chi connectivity index (χ3v) is 10.6. The van der Waals surface area contributed by atoms with E-state index < -0.39 is 17.3 Å². The number of hydrazine groups is 1.